The minimum absolute atomic E-state index is 0.0160. The summed E-state index contributed by atoms with van der Waals surface area (Å²) >= 11 is 0. The van der Waals surface area contributed by atoms with Crippen molar-refractivity contribution in [2.24, 2.45) is 0 Å². The van der Waals surface area contributed by atoms with Crippen molar-refractivity contribution in [1.29, 1.82) is 0 Å². The SMILES string of the molecule is CC(C)NC(=O)NCc1ccc(C(=O)OCC(=O)Nc2ccccc2N2CCCC2=O)cc1. The van der Waals surface area contributed by atoms with Crippen molar-refractivity contribution in [1.82, 2.24) is 10.6 Å². The first-order valence-corrected chi connectivity index (χ1v) is 10.8. The number of esters is 1. The predicted octanol–water partition coefficient (Wildman–Crippen LogP) is 2.82. The molecular weight excluding hydrogens is 424 g/mol. The Morgan fingerprint density at radius 3 is 2.45 bits per heavy atom. The van der Waals surface area contributed by atoms with E-state index in [0.717, 1.165) is 12.0 Å². The molecule has 0 atom stereocenters. The second-order valence-corrected chi connectivity index (χ2v) is 7.97. The summed E-state index contributed by atoms with van der Waals surface area (Å²) in [5, 5.41) is 8.16. The Hall–Kier alpha value is -3.88. The molecule has 33 heavy (non-hydrogen) atoms. The Labute approximate surface area is 192 Å². The van der Waals surface area contributed by atoms with Crippen molar-refractivity contribution < 1.29 is 23.9 Å². The van der Waals surface area contributed by atoms with E-state index in [-0.39, 0.29) is 18.0 Å². The maximum absolute atomic E-state index is 12.3. The number of nitrogens with zero attached hydrogens (tertiary/aromatic N) is 1. The molecule has 0 spiro atoms. The van der Waals surface area contributed by atoms with Crippen LogP contribution in [0.3, 0.4) is 0 Å². The number of amides is 4. The Morgan fingerprint density at radius 1 is 1.06 bits per heavy atom. The second-order valence-electron chi connectivity index (χ2n) is 7.97. The molecule has 1 aliphatic rings. The Bertz CT molecular complexity index is 1020. The van der Waals surface area contributed by atoms with Crippen LogP contribution in [0.1, 0.15) is 42.6 Å². The van der Waals surface area contributed by atoms with Gasteiger partial charge in [0.05, 0.1) is 16.9 Å². The first-order valence-electron chi connectivity index (χ1n) is 10.8. The highest BCUT2D eigenvalue weighted by molar-refractivity contribution is 6.02. The lowest BCUT2D eigenvalue weighted by Crippen LogP contribution is -2.39. The molecule has 2 aromatic carbocycles. The summed E-state index contributed by atoms with van der Waals surface area (Å²) < 4.78 is 5.12. The monoisotopic (exact) mass is 452 g/mol. The number of urea groups is 1. The third-order valence-corrected chi connectivity index (χ3v) is 4.94. The zero-order chi connectivity index (χ0) is 23.8. The molecule has 0 radical (unpaired) electrons. The Kier molecular flexibility index (Phi) is 8.01. The zero-order valence-corrected chi connectivity index (χ0v) is 18.7. The normalized spacial score (nSPS) is 13.1. The molecule has 0 aromatic heterocycles. The number of nitrogens with one attached hydrogen (secondary N) is 3. The van der Waals surface area contributed by atoms with Gasteiger partial charge in [0, 0.05) is 25.6 Å². The van der Waals surface area contributed by atoms with Crippen LogP contribution in [-0.2, 0) is 20.9 Å². The summed E-state index contributed by atoms with van der Waals surface area (Å²) in [5.74, 6) is -1.12. The lowest BCUT2D eigenvalue weighted by atomic mass is 10.1. The fourth-order valence-corrected chi connectivity index (χ4v) is 3.37. The highest BCUT2D eigenvalue weighted by atomic mass is 16.5. The van der Waals surface area contributed by atoms with Crippen LogP contribution < -0.4 is 20.9 Å². The summed E-state index contributed by atoms with van der Waals surface area (Å²) in [4.78, 5) is 50.0. The predicted molar refractivity (Wildman–Crippen MR) is 124 cm³/mol. The number of hydrogen-bond donors (Lipinski definition) is 3. The van der Waals surface area contributed by atoms with E-state index in [0.29, 0.717) is 36.4 Å². The van der Waals surface area contributed by atoms with Crippen LogP contribution in [0, 0.1) is 0 Å². The second kappa shape index (κ2) is 11.1. The highest BCUT2D eigenvalue weighted by Crippen LogP contribution is 2.29. The highest BCUT2D eigenvalue weighted by Gasteiger charge is 2.24. The lowest BCUT2D eigenvalue weighted by molar-refractivity contribution is -0.119. The van der Waals surface area contributed by atoms with E-state index >= 15 is 0 Å². The summed E-state index contributed by atoms with van der Waals surface area (Å²) in [6.07, 6.45) is 1.26. The molecule has 2 aromatic rings. The van der Waals surface area contributed by atoms with Gasteiger partial charge in [0.25, 0.3) is 5.91 Å². The number of hydrogen-bond acceptors (Lipinski definition) is 5. The summed E-state index contributed by atoms with van der Waals surface area (Å²) in [6, 6.07) is 13.4. The first-order chi connectivity index (χ1) is 15.8. The molecule has 0 saturated carbocycles. The number of carbonyl (C=O) groups is 4. The maximum atomic E-state index is 12.3. The molecular formula is C24H28N4O5. The molecule has 1 saturated heterocycles. The molecule has 3 N–H and O–H groups in total. The van der Waals surface area contributed by atoms with Gasteiger partial charge in [0.1, 0.15) is 0 Å². The molecule has 0 bridgehead atoms. The van der Waals surface area contributed by atoms with E-state index in [4.69, 9.17) is 4.74 Å². The number of ether oxygens (including phenoxy) is 1. The van der Waals surface area contributed by atoms with E-state index in [2.05, 4.69) is 16.0 Å². The van der Waals surface area contributed by atoms with Crippen molar-refractivity contribution in [3.63, 3.8) is 0 Å². The van der Waals surface area contributed by atoms with Crippen LogP contribution in [0.15, 0.2) is 48.5 Å². The smallest absolute Gasteiger partial charge is 0.338 e. The molecule has 9 nitrogen and oxygen atoms in total. The number of anilines is 2. The van der Waals surface area contributed by atoms with Gasteiger partial charge in [0.15, 0.2) is 6.61 Å². The number of carbonyl (C=O) groups excluding carboxylic acids is 4. The third-order valence-electron chi connectivity index (χ3n) is 4.94. The third kappa shape index (κ3) is 6.80. The molecule has 1 fully saturated rings. The Morgan fingerprint density at radius 2 is 1.79 bits per heavy atom. The van der Waals surface area contributed by atoms with Crippen molar-refractivity contribution in [2.75, 3.05) is 23.4 Å². The summed E-state index contributed by atoms with van der Waals surface area (Å²) in [5.41, 5.74) is 2.23. The van der Waals surface area contributed by atoms with E-state index in [9.17, 15) is 19.2 Å². The number of rotatable bonds is 8. The lowest BCUT2D eigenvalue weighted by Gasteiger charge is -2.19. The van der Waals surface area contributed by atoms with Gasteiger partial charge in [0.2, 0.25) is 5.91 Å². The van der Waals surface area contributed by atoms with E-state index in [1.807, 2.05) is 13.8 Å². The molecule has 9 heteroatoms. The fraction of sp³-hybridized carbons (Fsp3) is 0.333. The average molecular weight is 453 g/mol. The zero-order valence-electron chi connectivity index (χ0n) is 18.7. The van der Waals surface area contributed by atoms with Crippen LogP contribution in [0.5, 0.6) is 0 Å². The topological polar surface area (TPSA) is 117 Å². The van der Waals surface area contributed by atoms with Crippen molar-refractivity contribution in [2.45, 2.75) is 39.3 Å². The van der Waals surface area contributed by atoms with Gasteiger partial charge in [-0.3, -0.25) is 9.59 Å². The minimum atomic E-state index is -0.634. The van der Waals surface area contributed by atoms with E-state index in [1.165, 1.54) is 0 Å². The van der Waals surface area contributed by atoms with Crippen molar-refractivity contribution >= 4 is 35.2 Å². The van der Waals surface area contributed by atoms with Crippen LogP contribution in [0.2, 0.25) is 0 Å². The molecule has 3 rings (SSSR count). The number of benzene rings is 2. The van der Waals surface area contributed by atoms with Gasteiger partial charge in [-0.15, -0.1) is 0 Å². The molecule has 1 heterocycles. The maximum Gasteiger partial charge on any atom is 0.338 e. The molecule has 174 valence electrons. The fourth-order valence-electron chi connectivity index (χ4n) is 3.37. The molecule has 0 aliphatic carbocycles. The minimum Gasteiger partial charge on any atom is -0.452 e. The van der Waals surface area contributed by atoms with Gasteiger partial charge in [-0.05, 0) is 50.1 Å². The van der Waals surface area contributed by atoms with Crippen molar-refractivity contribution in [3.8, 4) is 0 Å². The van der Waals surface area contributed by atoms with Gasteiger partial charge in [-0.25, -0.2) is 9.59 Å². The summed E-state index contributed by atoms with van der Waals surface area (Å²) in [7, 11) is 0. The van der Waals surface area contributed by atoms with Gasteiger partial charge >= 0.3 is 12.0 Å². The largest absolute Gasteiger partial charge is 0.452 e. The van der Waals surface area contributed by atoms with Gasteiger partial charge < -0.3 is 25.6 Å². The Balaban J connectivity index is 1.49. The van der Waals surface area contributed by atoms with Crippen LogP contribution in [0.25, 0.3) is 0 Å². The molecule has 0 unspecified atom stereocenters. The van der Waals surface area contributed by atoms with Crippen LogP contribution >= 0.6 is 0 Å². The quantitative estimate of drug-likeness (QED) is 0.533. The first kappa shape index (κ1) is 23.8. The molecule has 1 aliphatic heterocycles. The standard InChI is InChI=1S/C24H28N4O5/c1-16(2)26-24(32)25-14-17-9-11-18(12-10-17)23(31)33-15-21(29)27-19-6-3-4-7-20(19)28-13-5-8-22(28)30/h3-4,6-7,9-12,16H,5,8,13-15H2,1-2H3,(H,27,29)(H2,25,26,32). The van der Waals surface area contributed by atoms with E-state index < -0.39 is 18.5 Å². The number of para-hydroxylation sites is 2. The van der Waals surface area contributed by atoms with Crippen LogP contribution in [0.4, 0.5) is 16.2 Å². The van der Waals surface area contributed by atoms with Gasteiger partial charge in [-0.2, -0.15) is 0 Å². The van der Waals surface area contributed by atoms with Crippen LogP contribution in [-0.4, -0.2) is 43.0 Å². The average Bonchev–Trinajstić information content (AvgIpc) is 3.22. The molecule has 4 amide bonds. The van der Waals surface area contributed by atoms with Crippen molar-refractivity contribution in [3.05, 3.63) is 59.7 Å². The van der Waals surface area contributed by atoms with Gasteiger partial charge in [-0.1, -0.05) is 24.3 Å². The summed E-state index contributed by atoms with van der Waals surface area (Å²) in [6.45, 7) is 4.20. The van der Waals surface area contributed by atoms with E-state index in [1.54, 1.807) is 53.4 Å².